The van der Waals surface area contributed by atoms with E-state index in [-0.39, 0.29) is 38.6 Å². The van der Waals surface area contributed by atoms with Crippen LogP contribution in [-0.4, -0.2) is 49.3 Å². The van der Waals surface area contributed by atoms with E-state index in [0.29, 0.717) is 6.42 Å². The van der Waals surface area contributed by atoms with E-state index in [1.807, 2.05) is 0 Å². The number of phosphoric ester groups is 1. The van der Waals surface area contributed by atoms with Crippen LogP contribution in [0, 0.1) is 0 Å². The minimum absolute atomic E-state index is 0.0459. The highest BCUT2D eigenvalue weighted by atomic mass is 31.2. The first-order chi connectivity index (χ1) is 41.8. The molecule has 0 saturated carbocycles. The number of ether oxygens (including phenoxy) is 2. The highest BCUT2D eigenvalue weighted by molar-refractivity contribution is 7.47. The van der Waals surface area contributed by atoms with Crippen LogP contribution < -0.4 is 5.73 Å². The number of rotatable bonds is 66. The Morgan fingerprint density at radius 1 is 0.365 bits per heavy atom. The molecule has 3 N–H and O–H groups in total. The van der Waals surface area contributed by atoms with E-state index in [1.165, 1.54) is 186 Å². The SMILES string of the molecule is CC/C=C\C/C=C\C/C=C\C/C=C\C/C=C\C/C=C\C/C=C\CCCCCCCC(=O)OC(COC(=O)CCCCCCCCCCCCCCCCCCCCCCCCCCC/C=C\C/C=C\CCCCCCC)COP(=O)(O)OCCN. The van der Waals surface area contributed by atoms with Gasteiger partial charge in [0.2, 0.25) is 0 Å². The summed E-state index contributed by atoms with van der Waals surface area (Å²) in [6.45, 7) is 3.62. The van der Waals surface area contributed by atoms with Crippen LogP contribution in [-0.2, 0) is 32.7 Å². The Morgan fingerprint density at radius 3 is 0.965 bits per heavy atom. The molecule has 490 valence electrons. The molecule has 2 atom stereocenters. The van der Waals surface area contributed by atoms with Crippen LogP contribution in [0.1, 0.15) is 322 Å². The fourth-order valence-electron chi connectivity index (χ4n) is 9.94. The van der Waals surface area contributed by atoms with Crippen LogP contribution in [0.25, 0.3) is 0 Å². The van der Waals surface area contributed by atoms with E-state index in [1.54, 1.807) is 0 Å². The van der Waals surface area contributed by atoms with Gasteiger partial charge in [-0.1, -0.05) is 316 Å². The average Bonchev–Trinajstić information content (AvgIpc) is 3.53. The van der Waals surface area contributed by atoms with Crippen molar-refractivity contribution >= 4 is 19.8 Å². The number of nitrogens with two attached hydrogens (primary N) is 1. The molecule has 0 aromatic carbocycles. The monoisotopic (exact) mass is 1210 g/mol. The molecule has 0 aromatic rings. The third-order valence-electron chi connectivity index (χ3n) is 15.1. The predicted octanol–water partition coefficient (Wildman–Crippen LogP) is 23.3. The van der Waals surface area contributed by atoms with Gasteiger partial charge in [0.15, 0.2) is 6.10 Å². The van der Waals surface area contributed by atoms with Crippen molar-refractivity contribution in [1.82, 2.24) is 0 Å². The van der Waals surface area contributed by atoms with Crippen LogP contribution >= 0.6 is 7.82 Å². The van der Waals surface area contributed by atoms with Crippen molar-refractivity contribution < 1.29 is 37.6 Å². The lowest BCUT2D eigenvalue weighted by Gasteiger charge is -2.19. The molecule has 0 heterocycles. The van der Waals surface area contributed by atoms with Crippen LogP contribution in [0.15, 0.2) is 109 Å². The summed E-state index contributed by atoms with van der Waals surface area (Å²) in [5, 5.41) is 0. The fourth-order valence-corrected chi connectivity index (χ4v) is 10.7. The zero-order chi connectivity index (χ0) is 61.6. The lowest BCUT2D eigenvalue weighted by Crippen LogP contribution is -2.29. The third kappa shape index (κ3) is 69.6. The molecule has 0 spiro atoms. The van der Waals surface area contributed by atoms with Crippen LogP contribution in [0.2, 0.25) is 0 Å². The Bertz CT molecular complexity index is 1760. The maximum atomic E-state index is 12.7. The van der Waals surface area contributed by atoms with Gasteiger partial charge in [-0.3, -0.25) is 18.6 Å². The maximum Gasteiger partial charge on any atom is 0.472 e. The van der Waals surface area contributed by atoms with Gasteiger partial charge in [-0.15, -0.1) is 0 Å². The zero-order valence-electron chi connectivity index (χ0n) is 55.1. The summed E-state index contributed by atoms with van der Waals surface area (Å²) < 4.78 is 33.1. The highest BCUT2D eigenvalue weighted by Crippen LogP contribution is 2.43. The summed E-state index contributed by atoms with van der Waals surface area (Å²) in [6, 6.07) is 0. The van der Waals surface area contributed by atoms with Gasteiger partial charge >= 0.3 is 19.8 Å². The molecular formula is C75H132NO8P. The van der Waals surface area contributed by atoms with Crippen molar-refractivity contribution in [3.63, 3.8) is 0 Å². The molecule has 0 fully saturated rings. The number of phosphoric acid groups is 1. The summed E-state index contributed by atoms with van der Waals surface area (Å²) in [4.78, 5) is 35.3. The van der Waals surface area contributed by atoms with Gasteiger partial charge in [0, 0.05) is 19.4 Å². The van der Waals surface area contributed by atoms with Gasteiger partial charge in [0.1, 0.15) is 6.61 Å². The Balaban J connectivity index is 3.87. The molecule has 0 bridgehead atoms. The van der Waals surface area contributed by atoms with Gasteiger partial charge < -0.3 is 20.1 Å². The average molecular weight is 1210 g/mol. The Labute approximate surface area is 524 Å². The van der Waals surface area contributed by atoms with Gasteiger partial charge in [0.25, 0.3) is 0 Å². The number of hydrogen-bond acceptors (Lipinski definition) is 8. The number of carbonyl (C=O) groups is 2. The van der Waals surface area contributed by atoms with Gasteiger partial charge in [-0.2, -0.15) is 0 Å². The predicted molar refractivity (Wildman–Crippen MR) is 367 cm³/mol. The molecule has 0 amide bonds. The van der Waals surface area contributed by atoms with E-state index < -0.39 is 26.5 Å². The summed E-state index contributed by atoms with van der Waals surface area (Å²) in [5.74, 6) is -0.844. The number of esters is 2. The first-order valence-electron chi connectivity index (χ1n) is 35.4. The molecule has 0 aliphatic rings. The van der Waals surface area contributed by atoms with E-state index in [4.69, 9.17) is 24.3 Å². The van der Waals surface area contributed by atoms with Crippen LogP contribution in [0.5, 0.6) is 0 Å². The van der Waals surface area contributed by atoms with E-state index >= 15 is 0 Å². The molecule has 10 heteroatoms. The van der Waals surface area contributed by atoms with Gasteiger partial charge in [-0.25, -0.2) is 4.57 Å². The summed E-state index contributed by atoms with van der Waals surface area (Å²) in [5.41, 5.74) is 5.40. The Morgan fingerprint density at radius 2 is 0.647 bits per heavy atom. The first-order valence-corrected chi connectivity index (χ1v) is 36.9. The maximum absolute atomic E-state index is 12.7. The van der Waals surface area contributed by atoms with Crippen molar-refractivity contribution in [3.8, 4) is 0 Å². The molecule has 0 radical (unpaired) electrons. The van der Waals surface area contributed by atoms with Crippen molar-refractivity contribution in [2.45, 2.75) is 328 Å². The highest BCUT2D eigenvalue weighted by Gasteiger charge is 2.26. The lowest BCUT2D eigenvalue weighted by atomic mass is 10.0. The minimum atomic E-state index is -4.40. The standard InChI is InChI=1S/C75H132NO8P/c1-3-5-7-9-11-13-15-17-19-21-23-25-27-29-31-32-33-34-35-36-37-38-39-40-42-43-45-47-49-51-53-55-57-59-61-63-65-67-74(77)81-71-73(72-83-85(79,80)82-70-69-76)84-75(78)68-66-64-62-60-58-56-54-52-50-48-46-44-41-30-28-26-24-22-20-18-16-14-12-10-8-6-4-2/h6,8,12,14-15,17-18,20-21,23-24,26,30,41,46,48,52,54,73H,3-5,7,9-11,13,16,19,22,25,27-29,31-40,42-45,47,49-51,53,55-72,76H2,1-2H3,(H,79,80)/b8-6-,14-12-,17-15-,20-18-,23-21-,26-24-,41-30-,48-46-,54-52-. The fraction of sp³-hybridized carbons (Fsp3) is 0.733. The van der Waals surface area contributed by atoms with Crippen molar-refractivity contribution in [2.24, 2.45) is 5.73 Å². The Hall–Kier alpha value is -3.33. The third-order valence-corrected chi connectivity index (χ3v) is 16.1. The quantitative estimate of drug-likeness (QED) is 0.0264. The lowest BCUT2D eigenvalue weighted by molar-refractivity contribution is -0.161. The smallest absolute Gasteiger partial charge is 0.462 e. The normalized spacial score (nSPS) is 13.6. The molecule has 0 saturated heterocycles. The minimum Gasteiger partial charge on any atom is -0.462 e. The largest absolute Gasteiger partial charge is 0.472 e. The van der Waals surface area contributed by atoms with Crippen molar-refractivity contribution in [1.29, 1.82) is 0 Å². The second kappa shape index (κ2) is 69.8. The molecule has 2 unspecified atom stereocenters. The van der Waals surface area contributed by atoms with Crippen molar-refractivity contribution in [2.75, 3.05) is 26.4 Å². The molecule has 9 nitrogen and oxygen atoms in total. The second-order valence-corrected chi connectivity index (χ2v) is 24.8. The van der Waals surface area contributed by atoms with Gasteiger partial charge in [0.05, 0.1) is 13.2 Å². The van der Waals surface area contributed by atoms with E-state index in [0.717, 1.165) is 103 Å². The number of carbonyl (C=O) groups excluding carboxylic acids is 2. The van der Waals surface area contributed by atoms with Crippen LogP contribution in [0.4, 0.5) is 0 Å². The molecular weight excluding hydrogens is 1070 g/mol. The van der Waals surface area contributed by atoms with E-state index in [9.17, 15) is 19.0 Å². The van der Waals surface area contributed by atoms with E-state index in [2.05, 4.69) is 123 Å². The summed E-state index contributed by atoms with van der Waals surface area (Å²) in [7, 11) is -4.40. The summed E-state index contributed by atoms with van der Waals surface area (Å²) >= 11 is 0. The molecule has 85 heavy (non-hydrogen) atoms. The van der Waals surface area contributed by atoms with Crippen molar-refractivity contribution in [3.05, 3.63) is 109 Å². The molecule has 0 aliphatic heterocycles. The Kier molecular flexibility index (Phi) is 67.0. The number of unbranched alkanes of at least 4 members (excludes halogenated alkanes) is 35. The topological polar surface area (TPSA) is 134 Å². The number of allylic oxidation sites excluding steroid dienone is 18. The van der Waals surface area contributed by atoms with Gasteiger partial charge in [-0.05, 0) is 103 Å². The summed E-state index contributed by atoms with van der Waals surface area (Å²) in [6.07, 6.45) is 96.2. The molecule has 0 aromatic heterocycles. The molecule has 0 rings (SSSR count). The van der Waals surface area contributed by atoms with Crippen LogP contribution in [0.3, 0.4) is 0 Å². The number of hydrogen-bond donors (Lipinski definition) is 2. The second-order valence-electron chi connectivity index (χ2n) is 23.4. The zero-order valence-corrected chi connectivity index (χ0v) is 56.0. The molecule has 0 aliphatic carbocycles. The first kappa shape index (κ1) is 81.7.